The van der Waals surface area contributed by atoms with Gasteiger partial charge in [-0.15, -0.1) is 0 Å². The zero-order valence-corrected chi connectivity index (χ0v) is 12.7. The third-order valence-corrected chi connectivity index (χ3v) is 4.54. The normalized spacial score (nSPS) is 18.0. The summed E-state index contributed by atoms with van der Waals surface area (Å²) < 4.78 is 1.84. The molecule has 1 aromatic heterocycles. The molecule has 1 unspecified atom stereocenters. The van der Waals surface area contributed by atoms with Crippen molar-refractivity contribution in [1.29, 1.82) is 0 Å². The van der Waals surface area contributed by atoms with Gasteiger partial charge >= 0.3 is 0 Å². The Hall–Kier alpha value is -1.65. The second-order valence-corrected chi connectivity index (χ2v) is 6.25. The molecule has 3 rings (SSSR count). The first kappa shape index (κ1) is 14.3. The Morgan fingerprint density at radius 2 is 1.76 bits per heavy atom. The largest absolute Gasteiger partial charge is 0.385 e. The molecule has 0 radical (unpaired) electrons. The molecular weight excluding hydrogens is 262 g/mol. The van der Waals surface area contributed by atoms with Gasteiger partial charge in [-0.25, -0.2) is 4.68 Å². The van der Waals surface area contributed by atoms with Crippen molar-refractivity contribution in [2.75, 3.05) is 13.1 Å². The number of hydrogen-bond donors (Lipinski definition) is 1. The number of benzene rings is 1. The molecule has 0 saturated carbocycles. The second kappa shape index (κ2) is 5.62. The summed E-state index contributed by atoms with van der Waals surface area (Å²) in [7, 11) is 0. The fourth-order valence-corrected chi connectivity index (χ4v) is 3.13. The van der Waals surface area contributed by atoms with Crippen LogP contribution in [0.5, 0.6) is 0 Å². The van der Waals surface area contributed by atoms with Crippen molar-refractivity contribution < 1.29 is 5.11 Å². The number of hydrogen-bond acceptors (Lipinski definition) is 3. The summed E-state index contributed by atoms with van der Waals surface area (Å²) in [5.41, 5.74) is 1.54. The lowest BCUT2D eigenvalue weighted by atomic mass is 9.92. The molecule has 4 nitrogen and oxygen atoms in total. The van der Waals surface area contributed by atoms with Crippen molar-refractivity contribution in [2.24, 2.45) is 0 Å². The van der Waals surface area contributed by atoms with E-state index < -0.39 is 6.10 Å². The average Bonchev–Trinajstić information content (AvgIpc) is 3.18. The van der Waals surface area contributed by atoms with Gasteiger partial charge in [-0.2, -0.15) is 5.10 Å². The van der Waals surface area contributed by atoms with Crippen LogP contribution in [0.25, 0.3) is 5.69 Å². The molecule has 1 aliphatic rings. The topological polar surface area (TPSA) is 41.3 Å². The van der Waals surface area contributed by atoms with Crippen molar-refractivity contribution in [3.63, 3.8) is 0 Å². The summed E-state index contributed by atoms with van der Waals surface area (Å²) in [4.78, 5) is 2.38. The average molecular weight is 285 g/mol. The lowest BCUT2D eigenvalue weighted by Crippen LogP contribution is -2.47. The van der Waals surface area contributed by atoms with Gasteiger partial charge in [-0.05, 0) is 58.0 Å². The molecule has 0 amide bonds. The van der Waals surface area contributed by atoms with E-state index in [9.17, 15) is 5.11 Å². The van der Waals surface area contributed by atoms with Crippen LogP contribution < -0.4 is 0 Å². The van der Waals surface area contributed by atoms with E-state index >= 15 is 0 Å². The standard InChI is InChI=1S/C17H23N3O/c1-17(2,19-12-6-7-13-19)16(21)15-10-11-18-20(15)14-8-4-3-5-9-14/h3-5,8-11,16,21H,6-7,12-13H2,1-2H3. The summed E-state index contributed by atoms with van der Waals surface area (Å²) in [5.74, 6) is 0. The van der Waals surface area contributed by atoms with Crippen LogP contribution in [0.15, 0.2) is 42.6 Å². The Morgan fingerprint density at radius 3 is 2.43 bits per heavy atom. The Kier molecular flexibility index (Phi) is 3.83. The van der Waals surface area contributed by atoms with Gasteiger partial charge < -0.3 is 5.11 Å². The first-order chi connectivity index (χ1) is 10.1. The summed E-state index contributed by atoms with van der Waals surface area (Å²) in [6, 6.07) is 11.9. The highest BCUT2D eigenvalue weighted by Crippen LogP contribution is 2.34. The highest BCUT2D eigenvalue weighted by atomic mass is 16.3. The van der Waals surface area contributed by atoms with Gasteiger partial charge in [0.1, 0.15) is 6.10 Å². The predicted molar refractivity (Wildman–Crippen MR) is 83.4 cm³/mol. The monoisotopic (exact) mass is 285 g/mol. The number of nitrogens with zero attached hydrogens (tertiary/aromatic N) is 3. The fourth-order valence-electron chi connectivity index (χ4n) is 3.13. The Bertz CT molecular complexity index is 585. The highest BCUT2D eigenvalue weighted by Gasteiger charge is 2.38. The van der Waals surface area contributed by atoms with E-state index in [1.54, 1.807) is 6.20 Å². The van der Waals surface area contributed by atoms with E-state index in [2.05, 4.69) is 23.8 Å². The fraction of sp³-hybridized carbons (Fsp3) is 0.471. The van der Waals surface area contributed by atoms with Gasteiger partial charge in [0.25, 0.3) is 0 Å². The number of aromatic nitrogens is 2. The molecule has 2 aromatic rings. The Balaban J connectivity index is 1.92. The van der Waals surface area contributed by atoms with Crippen LogP contribution in [0.3, 0.4) is 0 Å². The van der Waals surface area contributed by atoms with Crippen molar-refractivity contribution in [3.05, 3.63) is 48.3 Å². The molecule has 112 valence electrons. The third kappa shape index (κ3) is 2.61. The van der Waals surface area contributed by atoms with E-state index in [-0.39, 0.29) is 5.54 Å². The zero-order valence-electron chi connectivity index (χ0n) is 12.7. The lowest BCUT2D eigenvalue weighted by molar-refractivity contribution is -0.00252. The molecule has 2 heterocycles. The molecule has 21 heavy (non-hydrogen) atoms. The predicted octanol–water partition coefficient (Wildman–Crippen LogP) is 2.78. The first-order valence-corrected chi connectivity index (χ1v) is 7.63. The van der Waals surface area contributed by atoms with E-state index in [0.29, 0.717) is 0 Å². The van der Waals surface area contributed by atoms with Gasteiger partial charge in [0.15, 0.2) is 0 Å². The van der Waals surface area contributed by atoms with Crippen LogP contribution >= 0.6 is 0 Å². The summed E-state index contributed by atoms with van der Waals surface area (Å²) in [5, 5.41) is 15.3. The van der Waals surface area contributed by atoms with Gasteiger partial charge in [0.2, 0.25) is 0 Å². The maximum Gasteiger partial charge on any atom is 0.114 e. The molecule has 1 saturated heterocycles. The zero-order chi connectivity index (χ0) is 14.9. The molecule has 1 aromatic carbocycles. The number of aliphatic hydroxyl groups is 1. The molecular formula is C17H23N3O. The third-order valence-electron chi connectivity index (χ3n) is 4.54. The number of likely N-dealkylation sites (tertiary alicyclic amines) is 1. The van der Waals surface area contributed by atoms with E-state index in [1.165, 1.54) is 12.8 Å². The van der Waals surface area contributed by atoms with Crippen LogP contribution in [0, 0.1) is 0 Å². The summed E-state index contributed by atoms with van der Waals surface area (Å²) in [6.45, 7) is 6.35. The van der Waals surface area contributed by atoms with Gasteiger partial charge in [-0.1, -0.05) is 18.2 Å². The summed E-state index contributed by atoms with van der Waals surface area (Å²) >= 11 is 0. The van der Waals surface area contributed by atoms with Crippen molar-refractivity contribution >= 4 is 0 Å². The summed E-state index contributed by atoms with van der Waals surface area (Å²) in [6.07, 6.45) is 3.62. The minimum absolute atomic E-state index is 0.289. The molecule has 1 fully saturated rings. The van der Waals surface area contributed by atoms with Crippen LogP contribution in [0.2, 0.25) is 0 Å². The van der Waals surface area contributed by atoms with Crippen LogP contribution in [-0.2, 0) is 0 Å². The highest BCUT2D eigenvalue weighted by molar-refractivity contribution is 5.33. The van der Waals surface area contributed by atoms with Gasteiger partial charge in [0, 0.05) is 11.7 Å². The number of rotatable bonds is 4. The minimum Gasteiger partial charge on any atom is -0.385 e. The molecule has 1 aliphatic heterocycles. The minimum atomic E-state index is -0.571. The molecule has 0 bridgehead atoms. The molecule has 4 heteroatoms. The maximum absolute atomic E-state index is 10.9. The van der Waals surface area contributed by atoms with E-state index in [0.717, 1.165) is 24.5 Å². The molecule has 0 aliphatic carbocycles. The SMILES string of the molecule is CC(C)(C(O)c1ccnn1-c1ccccc1)N1CCCC1. The van der Waals surface area contributed by atoms with Gasteiger partial charge in [-0.3, -0.25) is 4.90 Å². The van der Waals surface area contributed by atoms with E-state index in [4.69, 9.17) is 0 Å². The molecule has 1 atom stereocenters. The van der Waals surface area contributed by atoms with Crippen molar-refractivity contribution in [1.82, 2.24) is 14.7 Å². The molecule has 0 spiro atoms. The number of para-hydroxylation sites is 1. The quantitative estimate of drug-likeness (QED) is 0.939. The second-order valence-electron chi connectivity index (χ2n) is 6.25. The Morgan fingerprint density at radius 1 is 1.10 bits per heavy atom. The first-order valence-electron chi connectivity index (χ1n) is 7.63. The van der Waals surface area contributed by atoms with Crippen molar-refractivity contribution in [3.8, 4) is 5.69 Å². The van der Waals surface area contributed by atoms with E-state index in [1.807, 2.05) is 41.1 Å². The smallest absolute Gasteiger partial charge is 0.114 e. The van der Waals surface area contributed by atoms with Gasteiger partial charge in [0.05, 0.1) is 11.4 Å². The number of aliphatic hydroxyl groups excluding tert-OH is 1. The lowest BCUT2D eigenvalue weighted by Gasteiger charge is -2.39. The Labute approximate surface area is 126 Å². The van der Waals surface area contributed by atoms with Crippen LogP contribution in [0.1, 0.15) is 38.5 Å². The van der Waals surface area contributed by atoms with Crippen molar-refractivity contribution in [2.45, 2.75) is 38.3 Å². The maximum atomic E-state index is 10.9. The van der Waals surface area contributed by atoms with Crippen LogP contribution in [-0.4, -0.2) is 38.4 Å². The molecule has 1 N–H and O–H groups in total. The van der Waals surface area contributed by atoms with Crippen LogP contribution in [0.4, 0.5) is 0 Å².